The molecule has 2 aliphatic rings. The Morgan fingerprint density at radius 1 is 1.03 bits per heavy atom. The molecule has 2 aromatic carbocycles. The summed E-state index contributed by atoms with van der Waals surface area (Å²) in [7, 11) is 1.31. The van der Waals surface area contributed by atoms with Gasteiger partial charge in [-0.2, -0.15) is 0 Å². The van der Waals surface area contributed by atoms with Crippen molar-refractivity contribution >= 4 is 11.8 Å². The zero-order valence-corrected chi connectivity index (χ0v) is 16.3. The summed E-state index contributed by atoms with van der Waals surface area (Å²) < 4.78 is 11.0. The van der Waals surface area contributed by atoms with Gasteiger partial charge >= 0.3 is 0 Å². The Kier molecular flexibility index (Phi) is 5.44. The first kappa shape index (κ1) is 20.6. The molecule has 0 radical (unpaired) electrons. The molecule has 1 saturated heterocycles. The van der Waals surface area contributed by atoms with Crippen molar-refractivity contribution < 1.29 is 34.4 Å². The van der Waals surface area contributed by atoms with Crippen molar-refractivity contribution in [1.82, 2.24) is 4.90 Å². The van der Waals surface area contributed by atoms with Gasteiger partial charge in [0.1, 0.15) is 23.9 Å². The van der Waals surface area contributed by atoms with E-state index in [0.717, 1.165) is 4.90 Å². The van der Waals surface area contributed by atoms with Crippen molar-refractivity contribution in [2.45, 2.75) is 36.6 Å². The molecule has 8 heteroatoms. The average molecular weight is 413 g/mol. The normalized spacial score (nSPS) is 31.1. The maximum absolute atomic E-state index is 13.1. The number of rotatable bonds is 5. The van der Waals surface area contributed by atoms with E-state index in [0.29, 0.717) is 5.56 Å². The van der Waals surface area contributed by atoms with Crippen LogP contribution in [-0.2, 0) is 15.9 Å². The van der Waals surface area contributed by atoms with Crippen LogP contribution in [0.3, 0.4) is 0 Å². The lowest BCUT2D eigenvalue weighted by Crippen LogP contribution is -2.73. The Morgan fingerprint density at radius 2 is 1.60 bits per heavy atom. The molecule has 8 nitrogen and oxygen atoms in total. The number of nitrogens with zero attached hydrogens (tertiary/aromatic N) is 1. The fourth-order valence-electron chi connectivity index (χ4n) is 4.32. The number of carbonyl (C=O) groups excluding carboxylic acids is 2. The molecule has 5 atom stereocenters. The van der Waals surface area contributed by atoms with Crippen molar-refractivity contribution in [3.63, 3.8) is 0 Å². The molecule has 2 aliphatic heterocycles. The molecule has 4 rings (SSSR count). The number of methoxy groups -OCH3 is 1. The van der Waals surface area contributed by atoms with E-state index in [1.807, 2.05) is 6.07 Å². The Morgan fingerprint density at radius 3 is 2.13 bits per heavy atom. The number of aliphatic hydroxyl groups excluding tert-OH is 2. The summed E-state index contributed by atoms with van der Waals surface area (Å²) >= 11 is 0. The first-order valence-electron chi connectivity index (χ1n) is 9.62. The summed E-state index contributed by atoms with van der Waals surface area (Å²) in [5.74, 6) is -1.21. The molecule has 2 amide bonds. The van der Waals surface area contributed by atoms with Crippen LogP contribution in [0.1, 0.15) is 26.3 Å². The molecular formula is C22H23NO7. The minimum atomic E-state index is -2.03. The number of benzene rings is 2. The topological polar surface area (TPSA) is 117 Å². The number of ether oxygens (including phenoxy) is 2. The van der Waals surface area contributed by atoms with Crippen LogP contribution in [0.4, 0.5) is 0 Å². The molecule has 2 heterocycles. The van der Waals surface area contributed by atoms with E-state index in [9.17, 15) is 24.9 Å². The standard InChI is InChI=1S/C22H23NO7/c1-29-21-17(23-19(26)14-9-5-6-10-15(14)20(23)27)22(28,18(25)16(12-24)30-21)11-13-7-3-2-4-8-13/h2-10,16-18,21,24-25,28H,11-12H2,1H3/t16-,17-,18-,21+,22-/m1/s1. The van der Waals surface area contributed by atoms with Gasteiger partial charge in [0, 0.05) is 13.5 Å². The van der Waals surface area contributed by atoms with E-state index in [1.165, 1.54) is 19.2 Å². The van der Waals surface area contributed by atoms with Gasteiger partial charge in [-0.1, -0.05) is 42.5 Å². The van der Waals surface area contributed by atoms with Gasteiger partial charge in [0.2, 0.25) is 0 Å². The Hall–Kier alpha value is -2.62. The smallest absolute Gasteiger partial charge is 0.262 e. The van der Waals surface area contributed by atoms with Crippen molar-refractivity contribution in [3.8, 4) is 0 Å². The van der Waals surface area contributed by atoms with Crippen LogP contribution in [0, 0.1) is 0 Å². The maximum atomic E-state index is 13.1. The van der Waals surface area contributed by atoms with Crippen molar-refractivity contribution in [2.75, 3.05) is 13.7 Å². The zero-order chi connectivity index (χ0) is 21.5. The fraction of sp³-hybridized carbons (Fsp3) is 0.364. The summed E-state index contributed by atoms with van der Waals surface area (Å²) in [6.45, 7) is -0.576. The number of amides is 2. The van der Waals surface area contributed by atoms with E-state index < -0.39 is 48.6 Å². The molecule has 0 bridgehead atoms. The Labute approximate surface area is 173 Å². The van der Waals surface area contributed by atoms with Crippen LogP contribution in [0.5, 0.6) is 0 Å². The van der Waals surface area contributed by atoms with Crippen molar-refractivity contribution in [3.05, 3.63) is 71.3 Å². The van der Waals surface area contributed by atoms with E-state index >= 15 is 0 Å². The summed E-state index contributed by atoms with van der Waals surface area (Å²) in [6, 6.07) is 13.9. The van der Waals surface area contributed by atoms with E-state index in [-0.39, 0.29) is 17.5 Å². The highest BCUT2D eigenvalue weighted by Gasteiger charge is 2.61. The van der Waals surface area contributed by atoms with Crippen LogP contribution in [0.25, 0.3) is 0 Å². The summed E-state index contributed by atoms with van der Waals surface area (Å²) in [5, 5.41) is 32.4. The highest BCUT2D eigenvalue weighted by Crippen LogP contribution is 2.39. The molecule has 0 unspecified atom stereocenters. The number of fused-ring (bicyclic) bond motifs is 1. The number of imide groups is 1. The quantitative estimate of drug-likeness (QED) is 0.606. The minimum absolute atomic E-state index is 0.0905. The predicted octanol–water partition coefficient (Wildman–Crippen LogP) is 0.349. The molecule has 158 valence electrons. The van der Waals surface area contributed by atoms with Gasteiger partial charge < -0.3 is 24.8 Å². The Balaban J connectivity index is 1.81. The molecule has 0 saturated carbocycles. The number of aliphatic hydroxyl groups is 3. The second-order valence-electron chi connectivity index (χ2n) is 7.53. The van der Waals surface area contributed by atoms with E-state index in [2.05, 4.69) is 0 Å². The molecule has 30 heavy (non-hydrogen) atoms. The van der Waals surface area contributed by atoms with Gasteiger partial charge in [0.25, 0.3) is 11.8 Å². The molecule has 3 N–H and O–H groups in total. The average Bonchev–Trinajstić information content (AvgIpc) is 3.01. The van der Waals surface area contributed by atoms with Crippen LogP contribution in [-0.4, -0.2) is 75.9 Å². The van der Waals surface area contributed by atoms with Crippen molar-refractivity contribution in [2.24, 2.45) is 0 Å². The zero-order valence-electron chi connectivity index (χ0n) is 16.3. The lowest BCUT2D eigenvalue weighted by Gasteiger charge is -2.51. The maximum Gasteiger partial charge on any atom is 0.262 e. The van der Waals surface area contributed by atoms with Crippen LogP contribution < -0.4 is 0 Å². The monoisotopic (exact) mass is 413 g/mol. The van der Waals surface area contributed by atoms with Crippen LogP contribution >= 0.6 is 0 Å². The van der Waals surface area contributed by atoms with Gasteiger partial charge in [0.05, 0.1) is 17.7 Å². The summed E-state index contributed by atoms with van der Waals surface area (Å²) in [5.41, 5.74) is -0.938. The number of carbonyl (C=O) groups is 2. The molecule has 1 fully saturated rings. The molecule has 0 aliphatic carbocycles. The Bertz CT molecular complexity index is 915. The third-order valence-electron chi connectivity index (χ3n) is 5.79. The van der Waals surface area contributed by atoms with Gasteiger partial charge in [-0.3, -0.25) is 14.5 Å². The highest BCUT2D eigenvalue weighted by atomic mass is 16.7. The highest BCUT2D eigenvalue weighted by molar-refractivity contribution is 6.21. The molecule has 0 aromatic heterocycles. The lowest BCUT2D eigenvalue weighted by atomic mass is 9.77. The number of hydrogen-bond donors (Lipinski definition) is 3. The summed E-state index contributed by atoms with van der Waals surface area (Å²) in [6.07, 6.45) is -4.08. The van der Waals surface area contributed by atoms with Crippen molar-refractivity contribution in [1.29, 1.82) is 0 Å². The largest absolute Gasteiger partial charge is 0.394 e. The first-order chi connectivity index (χ1) is 14.4. The van der Waals surface area contributed by atoms with Gasteiger partial charge in [-0.25, -0.2) is 0 Å². The van der Waals surface area contributed by atoms with Gasteiger partial charge in [-0.05, 0) is 17.7 Å². The van der Waals surface area contributed by atoms with Gasteiger partial charge in [0.15, 0.2) is 6.29 Å². The predicted molar refractivity (Wildman–Crippen MR) is 105 cm³/mol. The number of hydrogen-bond acceptors (Lipinski definition) is 7. The molecule has 0 spiro atoms. The van der Waals surface area contributed by atoms with Crippen LogP contribution in [0.15, 0.2) is 54.6 Å². The fourth-order valence-corrected chi connectivity index (χ4v) is 4.32. The third kappa shape index (κ3) is 3.13. The van der Waals surface area contributed by atoms with Gasteiger partial charge in [-0.15, -0.1) is 0 Å². The third-order valence-corrected chi connectivity index (χ3v) is 5.79. The molecular weight excluding hydrogens is 390 g/mol. The first-order valence-corrected chi connectivity index (χ1v) is 9.62. The van der Waals surface area contributed by atoms with Crippen LogP contribution in [0.2, 0.25) is 0 Å². The van der Waals surface area contributed by atoms with E-state index in [4.69, 9.17) is 9.47 Å². The van der Waals surface area contributed by atoms with E-state index in [1.54, 1.807) is 36.4 Å². The minimum Gasteiger partial charge on any atom is -0.394 e. The second kappa shape index (κ2) is 7.90. The lowest BCUT2D eigenvalue weighted by molar-refractivity contribution is -0.303. The SMILES string of the molecule is CO[C@H]1O[C@H](CO)[C@@H](O)[C@@](O)(Cc2ccccc2)[C@@H]1N1C(=O)c2ccccc2C1=O. The second-order valence-corrected chi connectivity index (χ2v) is 7.53. The summed E-state index contributed by atoms with van der Waals surface area (Å²) in [4.78, 5) is 27.1. The molecule has 2 aromatic rings.